The van der Waals surface area contributed by atoms with Gasteiger partial charge in [-0.25, -0.2) is 4.79 Å². The zero-order valence-electron chi connectivity index (χ0n) is 10.6. The van der Waals surface area contributed by atoms with Gasteiger partial charge in [-0.3, -0.25) is 4.68 Å². The second kappa shape index (κ2) is 5.67. The summed E-state index contributed by atoms with van der Waals surface area (Å²) in [6.07, 6.45) is 0. The number of nitrogens with one attached hydrogen (secondary N) is 1. The van der Waals surface area contributed by atoms with Crippen molar-refractivity contribution >= 4 is 11.8 Å². The lowest BCUT2D eigenvalue weighted by Gasteiger charge is -2.13. The molecular weight excluding hydrogens is 222 g/mol. The lowest BCUT2D eigenvalue weighted by atomic mass is 10.2. The van der Waals surface area contributed by atoms with Gasteiger partial charge in [0.2, 0.25) is 0 Å². The number of carboxylic acid groups (broad SMARTS) is 1. The fourth-order valence-corrected chi connectivity index (χ4v) is 1.73. The Kier molecular flexibility index (Phi) is 4.51. The van der Waals surface area contributed by atoms with Crippen LogP contribution in [0.15, 0.2) is 0 Å². The second-order valence-electron chi connectivity index (χ2n) is 4.18. The van der Waals surface area contributed by atoms with Crippen LogP contribution < -0.4 is 5.32 Å². The molecule has 0 radical (unpaired) electrons. The molecule has 0 saturated carbocycles. The SMILES string of the molecule is COCC(C)CNc1c(C(=O)O)c(C)nn1C. The van der Waals surface area contributed by atoms with Crippen LogP contribution in [-0.2, 0) is 11.8 Å². The molecule has 17 heavy (non-hydrogen) atoms. The van der Waals surface area contributed by atoms with Crippen LogP contribution in [0.5, 0.6) is 0 Å². The smallest absolute Gasteiger partial charge is 0.341 e. The highest BCUT2D eigenvalue weighted by molar-refractivity contribution is 5.94. The number of methoxy groups -OCH3 is 1. The molecule has 1 heterocycles. The second-order valence-corrected chi connectivity index (χ2v) is 4.18. The fourth-order valence-electron chi connectivity index (χ4n) is 1.73. The molecule has 0 aliphatic heterocycles. The van der Waals surface area contributed by atoms with Crippen molar-refractivity contribution in [2.24, 2.45) is 13.0 Å². The summed E-state index contributed by atoms with van der Waals surface area (Å²) in [6.45, 7) is 4.99. The number of carboxylic acids is 1. The van der Waals surface area contributed by atoms with Gasteiger partial charge >= 0.3 is 5.97 Å². The monoisotopic (exact) mass is 241 g/mol. The Morgan fingerprint density at radius 3 is 2.82 bits per heavy atom. The van der Waals surface area contributed by atoms with Crippen LogP contribution in [0.2, 0.25) is 0 Å². The van der Waals surface area contributed by atoms with Crippen LogP contribution in [0.25, 0.3) is 0 Å². The number of hydrogen-bond donors (Lipinski definition) is 2. The topological polar surface area (TPSA) is 76.4 Å². The lowest BCUT2D eigenvalue weighted by Crippen LogP contribution is -2.18. The summed E-state index contributed by atoms with van der Waals surface area (Å²) >= 11 is 0. The largest absolute Gasteiger partial charge is 0.477 e. The van der Waals surface area contributed by atoms with E-state index in [1.54, 1.807) is 25.8 Å². The predicted octanol–water partition coefficient (Wildman–Crippen LogP) is 1.12. The van der Waals surface area contributed by atoms with E-state index >= 15 is 0 Å². The lowest BCUT2D eigenvalue weighted by molar-refractivity contribution is 0.0697. The standard InChI is InChI=1S/C11H19N3O3/c1-7(6-17-4)5-12-10-9(11(15)16)8(2)13-14(10)3/h7,12H,5-6H2,1-4H3,(H,15,16). The molecule has 0 amide bonds. The van der Waals surface area contributed by atoms with Crippen molar-refractivity contribution in [2.75, 3.05) is 25.6 Å². The van der Waals surface area contributed by atoms with Crippen LogP contribution in [0.4, 0.5) is 5.82 Å². The number of aromatic nitrogens is 2. The normalized spacial score (nSPS) is 12.5. The molecule has 1 aromatic rings. The summed E-state index contributed by atoms with van der Waals surface area (Å²) in [7, 11) is 3.37. The molecule has 1 rings (SSSR count). The van der Waals surface area contributed by atoms with Crippen LogP contribution in [0.1, 0.15) is 23.0 Å². The number of carbonyl (C=O) groups is 1. The predicted molar refractivity (Wildman–Crippen MR) is 64.4 cm³/mol. The Morgan fingerprint density at radius 1 is 1.65 bits per heavy atom. The van der Waals surface area contributed by atoms with Gasteiger partial charge in [0.05, 0.1) is 12.3 Å². The first-order chi connectivity index (χ1) is 7.97. The van der Waals surface area contributed by atoms with Gasteiger partial charge in [-0.2, -0.15) is 5.10 Å². The number of aryl methyl sites for hydroxylation is 2. The van der Waals surface area contributed by atoms with Crippen molar-refractivity contribution in [3.05, 3.63) is 11.3 Å². The molecule has 1 aromatic heterocycles. The van der Waals surface area contributed by atoms with Crippen molar-refractivity contribution in [3.63, 3.8) is 0 Å². The molecule has 1 unspecified atom stereocenters. The number of aromatic carboxylic acids is 1. The maximum absolute atomic E-state index is 11.1. The van der Waals surface area contributed by atoms with E-state index in [1.807, 2.05) is 6.92 Å². The van der Waals surface area contributed by atoms with Crippen molar-refractivity contribution in [3.8, 4) is 0 Å². The molecule has 0 saturated heterocycles. The van der Waals surface area contributed by atoms with Gasteiger partial charge in [-0.15, -0.1) is 0 Å². The zero-order valence-corrected chi connectivity index (χ0v) is 10.6. The number of nitrogens with zero attached hydrogens (tertiary/aromatic N) is 2. The van der Waals surface area contributed by atoms with Crippen molar-refractivity contribution < 1.29 is 14.6 Å². The summed E-state index contributed by atoms with van der Waals surface area (Å²) in [6, 6.07) is 0. The third-order valence-corrected chi connectivity index (χ3v) is 2.51. The highest BCUT2D eigenvalue weighted by Crippen LogP contribution is 2.18. The summed E-state index contributed by atoms with van der Waals surface area (Å²) in [5, 5.41) is 16.3. The van der Waals surface area contributed by atoms with E-state index in [4.69, 9.17) is 9.84 Å². The van der Waals surface area contributed by atoms with Gasteiger partial charge in [-0.05, 0) is 12.8 Å². The number of hydrogen-bond acceptors (Lipinski definition) is 4. The third kappa shape index (κ3) is 3.20. The molecule has 6 nitrogen and oxygen atoms in total. The van der Waals surface area contributed by atoms with E-state index in [-0.39, 0.29) is 5.56 Å². The van der Waals surface area contributed by atoms with E-state index in [0.717, 1.165) is 0 Å². The molecule has 2 N–H and O–H groups in total. The van der Waals surface area contributed by atoms with Crippen LogP contribution in [-0.4, -0.2) is 41.1 Å². The van der Waals surface area contributed by atoms with Crippen molar-refractivity contribution in [2.45, 2.75) is 13.8 Å². The Hall–Kier alpha value is -1.56. The first-order valence-electron chi connectivity index (χ1n) is 5.47. The first kappa shape index (κ1) is 13.5. The summed E-state index contributed by atoms with van der Waals surface area (Å²) < 4.78 is 6.58. The summed E-state index contributed by atoms with van der Waals surface area (Å²) in [5.41, 5.74) is 0.749. The first-order valence-corrected chi connectivity index (χ1v) is 5.47. The maximum atomic E-state index is 11.1. The van der Waals surface area contributed by atoms with E-state index in [0.29, 0.717) is 30.6 Å². The van der Waals surface area contributed by atoms with Crippen LogP contribution >= 0.6 is 0 Å². The van der Waals surface area contributed by atoms with E-state index in [2.05, 4.69) is 10.4 Å². The van der Waals surface area contributed by atoms with Crippen molar-refractivity contribution in [1.82, 2.24) is 9.78 Å². The summed E-state index contributed by atoms with van der Waals surface area (Å²) in [5.74, 6) is -0.118. The Labute approximate surface area is 101 Å². The minimum Gasteiger partial charge on any atom is -0.477 e. The van der Waals surface area contributed by atoms with Gasteiger partial charge in [-0.1, -0.05) is 6.92 Å². The fraction of sp³-hybridized carbons (Fsp3) is 0.636. The Bertz CT molecular complexity index is 401. The summed E-state index contributed by atoms with van der Waals surface area (Å²) in [4.78, 5) is 11.1. The molecular formula is C11H19N3O3. The van der Waals surface area contributed by atoms with Gasteiger partial charge < -0.3 is 15.2 Å². The quantitative estimate of drug-likeness (QED) is 0.780. The zero-order chi connectivity index (χ0) is 13.0. The molecule has 1 atom stereocenters. The minimum atomic E-state index is -0.961. The van der Waals surface area contributed by atoms with Crippen molar-refractivity contribution in [1.29, 1.82) is 0 Å². The van der Waals surface area contributed by atoms with Gasteiger partial charge in [0.15, 0.2) is 0 Å². The molecule has 0 aliphatic rings. The average Bonchev–Trinajstić information content (AvgIpc) is 2.50. The van der Waals surface area contributed by atoms with E-state index in [1.165, 1.54) is 0 Å². The van der Waals surface area contributed by atoms with Gasteiger partial charge in [0, 0.05) is 20.7 Å². The third-order valence-electron chi connectivity index (χ3n) is 2.51. The average molecular weight is 241 g/mol. The molecule has 6 heteroatoms. The maximum Gasteiger partial charge on any atom is 0.341 e. The molecule has 0 aromatic carbocycles. The van der Waals surface area contributed by atoms with Gasteiger partial charge in [0.25, 0.3) is 0 Å². The molecule has 0 bridgehead atoms. The van der Waals surface area contributed by atoms with Crippen LogP contribution in [0.3, 0.4) is 0 Å². The Morgan fingerprint density at radius 2 is 2.29 bits per heavy atom. The van der Waals surface area contributed by atoms with Gasteiger partial charge in [0.1, 0.15) is 11.4 Å². The molecule has 0 aliphatic carbocycles. The highest BCUT2D eigenvalue weighted by Gasteiger charge is 2.19. The minimum absolute atomic E-state index is 0.233. The van der Waals surface area contributed by atoms with E-state index < -0.39 is 5.97 Å². The number of rotatable bonds is 6. The van der Waals surface area contributed by atoms with Crippen LogP contribution in [0, 0.1) is 12.8 Å². The number of anilines is 1. The molecule has 0 fully saturated rings. The number of ether oxygens (including phenoxy) is 1. The highest BCUT2D eigenvalue weighted by atomic mass is 16.5. The Balaban J connectivity index is 2.80. The van der Waals surface area contributed by atoms with E-state index in [9.17, 15) is 4.79 Å². The molecule has 96 valence electrons. The molecule has 0 spiro atoms.